The summed E-state index contributed by atoms with van der Waals surface area (Å²) >= 11 is 0. The molecule has 0 radical (unpaired) electrons. The van der Waals surface area contributed by atoms with E-state index < -0.39 is 18.4 Å². The van der Waals surface area contributed by atoms with Gasteiger partial charge in [0.25, 0.3) is 5.70 Å². The van der Waals surface area contributed by atoms with Crippen molar-refractivity contribution in [2.45, 2.75) is 6.42 Å². The molecule has 0 amide bonds. The predicted octanol–water partition coefficient (Wildman–Crippen LogP) is 2.39. The Morgan fingerprint density at radius 2 is 1.91 bits per heavy atom. The largest absolute Gasteiger partial charge is 0.584 e. The Kier molecular flexibility index (Phi) is 4.58. The first-order valence-electron chi connectivity index (χ1n) is 5.98. The van der Waals surface area contributed by atoms with E-state index in [0.29, 0.717) is 0 Å². The van der Waals surface area contributed by atoms with Crippen LogP contribution >= 0.6 is 7.82 Å². The second-order valence-corrected chi connectivity index (χ2v) is 5.47. The molecule has 0 saturated carbocycles. The summed E-state index contributed by atoms with van der Waals surface area (Å²) in [6.45, 7) is 0. The van der Waals surface area contributed by atoms with E-state index in [1.54, 1.807) is 18.2 Å². The first kappa shape index (κ1) is 15.7. The van der Waals surface area contributed by atoms with Crippen molar-refractivity contribution in [2.75, 3.05) is 0 Å². The second kappa shape index (κ2) is 6.41. The van der Waals surface area contributed by atoms with Crippen molar-refractivity contribution in [3.63, 3.8) is 0 Å². The number of phosphoric acid groups is 1. The predicted molar refractivity (Wildman–Crippen MR) is 75.0 cm³/mol. The lowest BCUT2D eigenvalue weighted by Gasteiger charge is -2.17. The van der Waals surface area contributed by atoms with E-state index in [1.165, 1.54) is 18.1 Å². The van der Waals surface area contributed by atoms with Crippen LogP contribution in [-0.4, -0.2) is 15.8 Å². The summed E-state index contributed by atoms with van der Waals surface area (Å²) in [6, 6.07) is 7.83. The van der Waals surface area contributed by atoms with Gasteiger partial charge in [-0.2, -0.15) is 0 Å². The lowest BCUT2D eigenvalue weighted by molar-refractivity contribution is -0.420. The monoisotopic (exact) mass is 323 g/mol. The highest BCUT2D eigenvalue weighted by atomic mass is 31.2. The summed E-state index contributed by atoms with van der Waals surface area (Å²) in [4.78, 5) is 30.3. The third kappa shape index (κ3) is 3.93. The van der Waals surface area contributed by atoms with Gasteiger partial charge in [-0.15, -0.1) is 0 Å². The van der Waals surface area contributed by atoms with Gasteiger partial charge in [0.05, 0.1) is 4.92 Å². The number of hydrogen-bond donors (Lipinski definition) is 1. The topological polar surface area (TPSA) is 116 Å². The highest BCUT2D eigenvalue weighted by molar-refractivity contribution is 7.48. The van der Waals surface area contributed by atoms with Gasteiger partial charge < -0.3 is 9.05 Å². The molecule has 0 bridgehead atoms. The van der Waals surface area contributed by atoms with Gasteiger partial charge in [-0.3, -0.25) is 15.0 Å². The number of benzene rings is 1. The van der Waals surface area contributed by atoms with E-state index in [1.807, 2.05) is 0 Å². The van der Waals surface area contributed by atoms with E-state index in [2.05, 4.69) is 0 Å². The zero-order valence-electron chi connectivity index (χ0n) is 11.0. The molecule has 1 atom stereocenters. The zero-order valence-corrected chi connectivity index (χ0v) is 11.9. The molecule has 1 aliphatic rings. The van der Waals surface area contributed by atoms with Crippen molar-refractivity contribution in [1.82, 2.24) is 0 Å². The molecule has 0 aliphatic heterocycles. The quantitative estimate of drug-likeness (QED) is 0.383. The third-order valence-corrected chi connectivity index (χ3v) is 3.51. The number of hydrogen-bond acceptors (Lipinski definition) is 6. The van der Waals surface area contributed by atoms with Crippen LogP contribution in [0.5, 0.6) is 5.75 Å². The maximum atomic E-state index is 11.9. The Hall–Kier alpha value is -2.66. The number of carbonyl (C=O) groups excluding carboxylic acids is 1. The minimum Gasteiger partial charge on any atom is -0.399 e. The number of phosphoric ester groups is 1. The summed E-state index contributed by atoms with van der Waals surface area (Å²) in [5.41, 5.74) is -0.707. The summed E-state index contributed by atoms with van der Waals surface area (Å²) in [5, 5.41) is 10.7. The van der Waals surface area contributed by atoms with Crippen molar-refractivity contribution in [2.24, 2.45) is 0 Å². The Morgan fingerprint density at radius 1 is 1.23 bits per heavy atom. The molecule has 0 spiro atoms. The fraction of sp³-hybridized carbons (Fsp3) is 0.0769. The van der Waals surface area contributed by atoms with Crippen molar-refractivity contribution in [3.05, 3.63) is 69.6 Å². The molecule has 0 aromatic heterocycles. The fourth-order valence-electron chi connectivity index (χ4n) is 1.70. The maximum Gasteiger partial charge on any atom is 0.584 e. The lowest BCUT2D eigenvalue weighted by atomic mass is 10.0. The highest BCUT2D eigenvalue weighted by Gasteiger charge is 2.30. The van der Waals surface area contributed by atoms with Crippen LogP contribution in [0.4, 0.5) is 0 Å². The molecule has 0 fully saturated rings. The van der Waals surface area contributed by atoms with E-state index in [0.717, 1.165) is 12.2 Å². The molecular formula is C13H10NO7P. The molecule has 2 rings (SSSR count). The van der Waals surface area contributed by atoms with E-state index >= 15 is 0 Å². The minimum absolute atomic E-state index is 0.106. The van der Waals surface area contributed by atoms with Gasteiger partial charge in [-0.05, 0) is 18.2 Å². The number of nitrogens with zero attached hydrogens (tertiary/aromatic N) is 1. The molecule has 114 valence electrons. The fourth-order valence-corrected chi connectivity index (χ4v) is 2.55. The van der Waals surface area contributed by atoms with E-state index in [-0.39, 0.29) is 23.5 Å². The average Bonchev–Trinajstić information content (AvgIpc) is 2.46. The number of rotatable bonds is 5. The van der Waals surface area contributed by atoms with Gasteiger partial charge in [0.2, 0.25) is 0 Å². The molecule has 9 heteroatoms. The molecule has 0 saturated heterocycles. The number of para-hydroxylation sites is 1. The second-order valence-electron chi connectivity index (χ2n) is 4.16. The molecule has 0 heterocycles. The first-order chi connectivity index (χ1) is 10.4. The Labute approximate surface area is 124 Å². The van der Waals surface area contributed by atoms with Gasteiger partial charge in [0, 0.05) is 12.5 Å². The molecule has 8 nitrogen and oxygen atoms in total. The van der Waals surface area contributed by atoms with Gasteiger partial charge in [0.15, 0.2) is 0 Å². The van der Waals surface area contributed by atoms with Crippen LogP contribution in [0.1, 0.15) is 6.42 Å². The van der Waals surface area contributed by atoms with Crippen LogP contribution in [0, 0.1) is 10.1 Å². The van der Waals surface area contributed by atoms with Crippen LogP contribution in [0.25, 0.3) is 0 Å². The number of allylic oxidation sites excluding steroid dienone is 4. The zero-order chi connectivity index (χ0) is 16.2. The molecule has 1 aliphatic carbocycles. The van der Waals surface area contributed by atoms with Crippen molar-refractivity contribution >= 4 is 13.8 Å². The number of nitro groups is 1. The highest BCUT2D eigenvalue weighted by Crippen LogP contribution is 2.47. The normalized spacial score (nSPS) is 16.7. The standard InChI is InChI=1S/C13H10NO7P/c15-9-10-8-12(6-7-13(10)14(16)17)21-22(18,19)20-11-4-2-1-3-5-11/h1-7H,8H2,(H,18,19). The summed E-state index contributed by atoms with van der Waals surface area (Å²) in [7, 11) is -4.47. The van der Waals surface area contributed by atoms with Crippen molar-refractivity contribution in [1.29, 1.82) is 0 Å². The summed E-state index contributed by atoms with van der Waals surface area (Å²) < 4.78 is 21.5. The van der Waals surface area contributed by atoms with Crippen LogP contribution in [0.15, 0.2) is 59.5 Å². The van der Waals surface area contributed by atoms with Gasteiger partial charge in [-0.25, -0.2) is 9.36 Å². The summed E-state index contributed by atoms with van der Waals surface area (Å²) in [6.07, 6.45) is 1.82. The molecule has 1 aromatic carbocycles. The molecule has 22 heavy (non-hydrogen) atoms. The lowest BCUT2D eigenvalue weighted by Crippen LogP contribution is -2.09. The summed E-state index contributed by atoms with van der Waals surface area (Å²) in [5.74, 6) is 1.44. The van der Waals surface area contributed by atoms with Crippen LogP contribution in [0.2, 0.25) is 0 Å². The van der Waals surface area contributed by atoms with Crippen LogP contribution in [0.3, 0.4) is 0 Å². The molecule has 1 unspecified atom stereocenters. The molecular weight excluding hydrogens is 313 g/mol. The van der Waals surface area contributed by atoms with Crippen LogP contribution < -0.4 is 4.52 Å². The SMILES string of the molecule is O=C=C1CC(OP(=O)(O)Oc2ccccc2)=CC=C1[N+](=O)[O-]. The van der Waals surface area contributed by atoms with Crippen molar-refractivity contribution in [3.8, 4) is 5.75 Å². The van der Waals surface area contributed by atoms with E-state index in [9.17, 15) is 24.4 Å². The minimum atomic E-state index is -4.47. The Morgan fingerprint density at radius 3 is 2.50 bits per heavy atom. The maximum absolute atomic E-state index is 11.9. The first-order valence-corrected chi connectivity index (χ1v) is 7.47. The third-order valence-electron chi connectivity index (χ3n) is 2.60. The van der Waals surface area contributed by atoms with Crippen LogP contribution in [-0.2, 0) is 13.9 Å². The molecule has 1 N–H and O–H groups in total. The molecule has 1 aromatic rings. The Bertz CT molecular complexity index is 747. The van der Waals surface area contributed by atoms with Crippen molar-refractivity contribution < 1.29 is 28.2 Å². The van der Waals surface area contributed by atoms with E-state index in [4.69, 9.17) is 9.05 Å². The smallest absolute Gasteiger partial charge is 0.399 e. The average molecular weight is 323 g/mol. The Balaban J connectivity index is 2.15. The van der Waals surface area contributed by atoms with Gasteiger partial charge in [-0.1, -0.05) is 18.2 Å². The van der Waals surface area contributed by atoms with Gasteiger partial charge in [0.1, 0.15) is 23.0 Å². The van der Waals surface area contributed by atoms with Gasteiger partial charge >= 0.3 is 7.82 Å².